The summed E-state index contributed by atoms with van der Waals surface area (Å²) in [6.07, 6.45) is 4.45. The molecule has 0 spiro atoms. The molecular weight excluding hydrogens is 286 g/mol. The monoisotopic (exact) mass is 305 g/mol. The summed E-state index contributed by atoms with van der Waals surface area (Å²) in [7, 11) is 0. The van der Waals surface area contributed by atoms with Gasteiger partial charge in [0.1, 0.15) is 0 Å². The average molecular weight is 305 g/mol. The van der Waals surface area contributed by atoms with Crippen LogP contribution >= 0.6 is 11.3 Å². The fourth-order valence-electron chi connectivity index (χ4n) is 2.36. The van der Waals surface area contributed by atoms with Crippen LogP contribution in [-0.2, 0) is 6.42 Å². The third-order valence-electron chi connectivity index (χ3n) is 3.42. The van der Waals surface area contributed by atoms with E-state index < -0.39 is 0 Å². The molecule has 21 heavy (non-hydrogen) atoms. The number of hydrogen-bond acceptors (Lipinski definition) is 7. The fraction of sp³-hybridized carbons (Fsp3) is 0.500. The van der Waals surface area contributed by atoms with Gasteiger partial charge < -0.3 is 15.4 Å². The molecule has 3 rings (SSSR count). The van der Waals surface area contributed by atoms with Crippen molar-refractivity contribution in [1.29, 1.82) is 0 Å². The Hall–Kier alpha value is -1.89. The number of anilines is 2. The molecule has 0 amide bonds. The molecule has 2 aromatic heterocycles. The third kappa shape index (κ3) is 3.81. The molecule has 112 valence electrons. The molecule has 0 atom stereocenters. The number of nitrogen functional groups attached to an aromatic ring is 1. The Morgan fingerprint density at radius 3 is 2.81 bits per heavy atom. The Morgan fingerprint density at radius 2 is 2.05 bits per heavy atom. The van der Waals surface area contributed by atoms with E-state index in [9.17, 15) is 0 Å². The number of aromatic nitrogens is 3. The van der Waals surface area contributed by atoms with Crippen LogP contribution in [0.2, 0.25) is 0 Å². The number of nitrogens with zero attached hydrogens (tertiary/aromatic N) is 4. The van der Waals surface area contributed by atoms with Gasteiger partial charge in [0.2, 0.25) is 11.9 Å². The van der Waals surface area contributed by atoms with E-state index >= 15 is 0 Å². The first-order valence-corrected chi connectivity index (χ1v) is 8.11. The van der Waals surface area contributed by atoms with Gasteiger partial charge >= 0.3 is 6.01 Å². The van der Waals surface area contributed by atoms with Gasteiger partial charge in [0, 0.05) is 24.4 Å². The molecule has 0 radical (unpaired) electrons. The summed E-state index contributed by atoms with van der Waals surface area (Å²) in [5.74, 6) is 0.852. The maximum atomic E-state index is 5.77. The Balaban J connectivity index is 1.63. The maximum Gasteiger partial charge on any atom is 0.323 e. The second-order valence-corrected chi connectivity index (χ2v) is 6.03. The quantitative estimate of drug-likeness (QED) is 0.912. The lowest BCUT2D eigenvalue weighted by molar-refractivity contribution is 0.296. The molecule has 7 heteroatoms. The van der Waals surface area contributed by atoms with Crippen molar-refractivity contribution < 1.29 is 4.74 Å². The van der Waals surface area contributed by atoms with E-state index in [4.69, 9.17) is 10.5 Å². The Kier molecular flexibility index (Phi) is 4.49. The molecule has 1 fully saturated rings. The number of hydrogen-bond donors (Lipinski definition) is 1. The lowest BCUT2D eigenvalue weighted by atomic mass is 10.1. The molecule has 2 N–H and O–H groups in total. The predicted molar refractivity (Wildman–Crippen MR) is 83.8 cm³/mol. The summed E-state index contributed by atoms with van der Waals surface area (Å²) in [6.45, 7) is 2.49. The number of rotatable bonds is 5. The van der Waals surface area contributed by atoms with E-state index in [0.717, 1.165) is 19.5 Å². The van der Waals surface area contributed by atoms with E-state index in [2.05, 4.69) is 31.3 Å². The minimum Gasteiger partial charge on any atom is -0.463 e. The second-order valence-electron chi connectivity index (χ2n) is 5.00. The van der Waals surface area contributed by atoms with Gasteiger partial charge in [-0.2, -0.15) is 15.0 Å². The van der Waals surface area contributed by atoms with E-state index in [1.807, 2.05) is 6.07 Å². The predicted octanol–water partition coefficient (Wildman–Crippen LogP) is 2.13. The van der Waals surface area contributed by atoms with E-state index in [-0.39, 0.29) is 5.95 Å². The molecule has 3 heterocycles. The number of nitrogens with two attached hydrogens (primary N) is 1. The topological polar surface area (TPSA) is 77.2 Å². The molecule has 2 aromatic rings. The van der Waals surface area contributed by atoms with Crippen molar-refractivity contribution >= 4 is 23.2 Å². The van der Waals surface area contributed by atoms with Gasteiger partial charge in [-0.1, -0.05) is 6.07 Å². The molecule has 0 unspecified atom stereocenters. The van der Waals surface area contributed by atoms with Gasteiger partial charge in [0.05, 0.1) is 6.61 Å². The second kappa shape index (κ2) is 6.71. The van der Waals surface area contributed by atoms with Crippen molar-refractivity contribution in [3.63, 3.8) is 0 Å². The van der Waals surface area contributed by atoms with Gasteiger partial charge in [-0.25, -0.2) is 0 Å². The highest BCUT2D eigenvalue weighted by atomic mass is 32.1. The first kappa shape index (κ1) is 14.1. The Labute approximate surface area is 128 Å². The fourth-order valence-corrected chi connectivity index (χ4v) is 3.05. The zero-order chi connectivity index (χ0) is 14.5. The first-order chi connectivity index (χ1) is 10.3. The van der Waals surface area contributed by atoms with Crippen molar-refractivity contribution in [2.45, 2.75) is 25.7 Å². The van der Waals surface area contributed by atoms with Gasteiger partial charge in [-0.15, -0.1) is 11.3 Å². The number of ether oxygens (including phenoxy) is 1. The van der Waals surface area contributed by atoms with Crippen LogP contribution in [0.1, 0.15) is 24.1 Å². The molecule has 0 bridgehead atoms. The molecule has 1 saturated heterocycles. The molecular formula is C14H19N5OS. The molecule has 6 nitrogen and oxygen atoms in total. The summed E-state index contributed by atoms with van der Waals surface area (Å²) in [4.78, 5) is 16.1. The van der Waals surface area contributed by atoms with Crippen LogP contribution in [0.25, 0.3) is 0 Å². The lowest BCUT2D eigenvalue weighted by Crippen LogP contribution is -2.31. The van der Waals surface area contributed by atoms with E-state index in [1.165, 1.54) is 24.1 Å². The van der Waals surface area contributed by atoms with Crippen LogP contribution < -0.4 is 15.4 Å². The van der Waals surface area contributed by atoms with Crippen molar-refractivity contribution in [3.8, 4) is 6.01 Å². The Bertz CT molecular complexity index is 569. The highest BCUT2D eigenvalue weighted by Gasteiger charge is 2.16. The van der Waals surface area contributed by atoms with Crippen LogP contribution in [0, 0.1) is 0 Å². The minimum absolute atomic E-state index is 0.219. The highest BCUT2D eigenvalue weighted by Crippen LogP contribution is 2.18. The van der Waals surface area contributed by atoms with Crippen LogP contribution in [0.15, 0.2) is 17.5 Å². The minimum atomic E-state index is 0.219. The zero-order valence-corrected chi connectivity index (χ0v) is 12.7. The van der Waals surface area contributed by atoms with Gasteiger partial charge in [-0.3, -0.25) is 0 Å². The molecule has 0 aromatic carbocycles. The van der Waals surface area contributed by atoms with Crippen LogP contribution in [-0.4, -0.2) is 34.6 Å². The van der Waals surface area contributed by atoms with Crippen molar-refractivity contribution in [1.82, 2.24) is 15.0 Å². The number of thiophene rings is 1. The highest BCUT2D eigenvalue weighted by molar-refractivity contribution is 7.09. The third-order valence-corrected chi connectivity index (χ3v) is 4.36. The first-order valence-electron chi connectivity index (χ1n) is 7.23. The number of piperidine rings is 1. The van der Waals surface area contributed by atoms with Gasteiger partial charge in [0.15, 0.2) is 0 Å². The van der Waals surface area contributed by atoms with Gasteiger partial charge in [0.25, 0.3) is 0 Å². The summed E-state index contributed by atoms with van der Waals surface area (Å²) in [5.41, 5.74) is 5.77. The molecule has 0 aliphatic carbocycles. The van der Waals surface area contributed by atoms with Crippen LogP contribution in [0.3, 0.4) is 0 Å². The smallest absolute Gasteiger partial charge is 0.323 e. The van der Waals surface area contributed by atoms with Crippen molar-refractivity contribution in [2.75, 3.05) is 30.3 Å². The summed E-state index contributed by atoms with van der Waals surface area (Å²) >= 11 is 1.72. The summed E-state index contributed by atoms with van der Waals surface area (Å²) in [6, 6.07) is 4.45. The standard InChI is InChI=1S/C14H19N5OS/c15-12-16-13(19-7-2-1-3-8-19)18-14(17-12)20-9-6-11-5-4-10-21-11/h4-5,10H,1-3,6-9H2,(H2,15,16,17,18). The lowest BCUT2D eigenvalue weighted by Gasteiger charge is -2.26. The Morgan fingerprint density at radius 1 is 1.19 bits per heavy atom. The molecule has 1 aliphatic heterocycles. The normalized spacial score (nSPS) is 15.1. The van der Waals surface area contributed by atoms with E-state index in [0.29, 0.717) is 18.6 Å². The van der Waals surface area contributed by atoms with Crippen LogP contribution in [0.5, 0.6) is 6.01 Å². The summed E-state index contributed by atoms with van der Waals surface area (Å²) in [5, 5.41) is 2.06. The van der Waals surface area contributed by atoms with Crippen LogP contribution in [0.4, 0.5) is 11.9 Å². The SMILES string of the molecule is Nc1nc(OCCc2cccs2)nc(N2CCCCC2)n1. The van der Waals surface area contributed by atoms with Crippen molar-refractivity contribution in [3.05, 3.63) is 22.4 Å². The van der Waals surface area contributed by atoms with Gasteiger partial charge in [-0.05, 0) is 30.7 Å². The van der Waals surface area contributed by atoms with E-state index in [1.54, 1.807) is 11.3 Å². The largest absolute Gasteiger partial charge is 0.463 e. The average Bonchev–Trinajstić information content (AvgIpc) is 3.01. The maximum absolute atomic E-state index is 5.77. The molecule has 0 saturated carbocycles. The zero-order valence-electron chi connectivity index (χ0n) is 11.9. The van der Waals surface area contributed by atoms with Crippen molar-refractivity contribution in [2.24, 2.45) is 0 Å². The summed E-state index contributed by atoms with van der Waals surface area (Å²) < 4.78 is 5.63. The molecule has 1 aliphatic rings.